The van der Waals surface area contributed by atoms with Crippen LogP contribution < -0.4 is 11.2 Å². The highest BCUT2D eigenvalue weighted by molar-refractivity contribution is 7.24. The van der Waals surface area contributed by atoms with E-state index in [4.69, 9.17) is 5.73 Å². The molecule has 3 rings (SSSR count). The molecule has 0 atom stereocenters. The molecule has 86 valence electrons. The molecule has 0 bridgehead atoms. The lowest BCUT2D eigenvalue weighted by Crippen LogP contribution is -2.02. The fourth-order valence-corrected chi connectivity index (χ4v) is 2.75. The van der Waals surface area contributed by atoms with E-state index < -0.39 is 0 Å². The van der Waals surface area contributed by atoms with Crippen LogP contribution in [-0.4, -0.2) is 4.98 Å². The Morgan fingerprint density at radius 3 is 2.65 bits per heavy atom. The van der Waals surface area contributed by atoms with E-state index in [1.54, 1.807) is 12.1 Å². The molecule has 17 heavy (non-hydrogen) atoms. The fraction of sp³-hybridized carbons (Fsp3) is 0. The quantitative estimate of drug-likeness (QED) is 0.635. The van der Waals surface area contributed by atoms with Crippen molar-refractivity contribution in [2.45, 2.75) is 0 Å². The van der Waals surface area contributed by atoms with Gasteiger partial charge in [0, 0.05) is 10.1 Å². The Morgan fingerprint density at radius 2 is 1.82 bits per heavy atom. The smallest absolute Gasteiger partial charge is 0.197 e. The van der Waals surface area contributed by atoms with Gasteiger partial charge in [0.15, 0.2) is 5.43 Å². The van der Waals surface area contributed by atoms with E-state index in [0.717, 1.165) is 10.1 Å². The summed E-state index contributed by atoms with van der Waals surface area (Å²) >= 11 is 1.49. The van der Waals surface area contributed by atoms with Crippen molar-refractivity contribution < 1.29 is 0 Å². The lowest BCUT2D eigenvalue weighted by Gasteiger charge is -2.00. The summed E-state index contributed by atoms with van der Waals surface area (Å²) in [5.41, 5.74) is 5.64. The number of fused-ring (bicyclic) bond motifs is 2. The molecule has 0 aliphatic heterocycles. The summed E-state index contributed by atoms with van der Waals surface area (Å²) < 4.78 is 0.943. The summed E-state index contributed by atoms with van der Waals surface area (Å²) in [5.74, 6) is 0.443. The third-order valence-corrected chi connectivity index (χ3v) is 3.55. The predicted octanol–water partition coefficient (Wildman–Crippen LogP) is 2.81. The number of aromatic nitrogens is 1. The van der Waals surface area contributed by atoms with Crippen molar-refractivity contribution in [3.8, 4) is 0 Å². The molecule has 3 nitrogen and oxygen atoms in total. The second kappa shape index (κ2) is 4.31. The van der Waals surface area contributed by atoms with Crippen molar-refractivity contribution >= 4 is 49.9 Å². The second-order valence-corrected chi connectivity index (χ2v) is 4.55. The molecule has 2 heterocycles. The Kier molecular flexibility index (Phi) is 3.00. The van der Waals surface area contributed by atoms with E-state index in [9.17, 15) is 4.79 Å². The second-order valence-electron chi connectivity index (χ2n) is 3.52. The van der Waals surface area contributed by atoms with Gasteiger partial charge >= 0.3 is 0 Å². The number of hydrogen-bond acceptors (Lipinski definition) is 4. The van der Waals surface area contributed by atoms with E-state index in [-0.39, 0.29) is 17.8 Å². The van der Waals surface area contributed by atoms with Crippen LogP contribution >= 0.6 is 23.7 Å². The third kappa shape index (κ3) is 1.85. The largest absolute Gasteiger partial charge is 0.384 e. The maximum absolute atomic E-state index is 12.1. The van der Waals surface area contributed by atoms with Gasteiger partial charge in [0.2, 0.25) is 0 Å². The van der Waals surface area contributed by atoms with Crippen LogP contribution in [-0.2, 0) is 0 Å². The van der Waals surface area contributed by atoms with Crippen LogP contribution in [0.5, 0.6) is 0 Å². The van der Waals surface area contributed by atoms with Gasteiger partial charge in [0.05, 0.1) is 5.39 Å². The van der Waals surface area contributed by atoms with Gasteiger partial charge in [-0.1, -0.05) is 12.1 Å². The van der Waals surface area contributed by atoms with Crippen molar-refractivity contribution in [3.05, 3.63) is 46.6 Å². The first-order valence-electron chi connectivity index (χ1n) is 4.84. The molecule has 0 saturated heterocycles. The average molecular weight is 265 g/mol. The van der Waals surface area contributed by atoms with Crippen LogP contribution in [0.25, 0.3) is 20.3 Å². The Hall–Kier alpha value is -1.65. The zero-order chi connectivity index (χ0) is 11.1. The van der Waals surface area contributed by atoms with E-state index in [2.05, 4.69) is 4.98 Å². The number of pyridine rings is 1. The first-order chi connectivity index (χ1) is 7.75. The van der Waals surface area contributed by atoms with Crippen LogP contribution in [0.3, 0.4) is 0 Å². The molecular formula is C12H9ClN2OS. The Morgan fingerprint density at radius 1 is 1.06 bits per heavy atom. The van der Waals surface area contributed by atoms with E-state index in [0.29, 0.717) is 16.0 Å². The average Bonchev–Trinajstić information content (AvgIpc) is 2.29. The lowest BCUT2D eigenvalue weighted by molar-refractivity contribution is 1.44. The maximum Gasteiger partial charge on any atom is 0.197 e. The van der Waals surface area contributed by atoms with E-state index in [1.807, 2.05) is 24.3 Å². The Bertz CT molecular complexity index is 754. The number of halogens is 1. The molecule has 0 aliphatic rings. The van der Waals surface area contributed by atoms with Gasteiger partial charge in [-0.15, -0.1) is 23.7 Å². The molecule has 0 radical (unpaired) electrons. The molecule has 0 spiro atoms. The summed E-state index contributed by atoms with van der Waals surface area (Å²) in [6.07, 6.45) is 0. The summed E-state index contributed by atoms with van der Waals surface area (Å²) in [6, 6.07) is 10.9. The molecule has 2 N–H and O–H groups in total. The highest BCUT2D eigenvalue weighted by Crippen LogP contribution is 2.23. The number of nitrogens with two attached hydrogens (primary N) is 1. The molecule has 0 saturated carbocycles. The zero-order valence-electron chi connectivity index (χ0n) is 8.71. The third-order valence-electron chi connectivity index (χ3n) is 2.46. The monoisotopic (exact) mass is 264 g/mol. The van der Waals surface area contributed by atoms with Crippen LogP contribution in [0.15, 0.2) is 41.2 Å². The molecule has 0 amide bonds. The number of rotatable bonds is 0. The summed E-state index contributed by atoms with van der Waals surface area (Å²) in [7, 11) is 0. The molecule has 5 heteroatoms. The molecular weight excluding hydrogens is 256 g/mol. The predicted molar refractivity (Wildman–Crippen MR) is 75.1 cm³/mol. The van der Waals surface area contributed by atoms with Gasteiger partial charge in [0.25, 0.3) is 0 Å². The van der Waals surface area contributed by atoms with Gasteiger partial charge in [-0.3, -0.25) is 4.79 Å². The van der Waals surface area contributed by atoms with E-state index >= 15 is 0 Å². The minimum Gasteiger partial charge on any atom is -0.384 e. The highest BCUT2D eigenvalue weighted by atomic mass is 35.5. The van der Waals surface area contributed by atoms with Gasteiger partial charge in [-0.25, -0.2) is 4.98 Å². The van der Waals surface area contributed by atoms with Crippen LogP contribution in [0.2, 0.25) is 0 Å². The molecule has 0 aliphatic carbocycles. The number of nitrogens with zero attached hydrogens (tertiary/aromatic N) is 1. The van der Waals surface area contributed by atoms with Gasteiger partial charge in [-0.2, -0.15) is 0 Å². The summed E-state index contributed by atoms with van der Waals surface area (Å²) in [4.78, 5) is 17.0. The minimum atomic E-state index is 0. The zero-order valence-corrected chi connectivity index (χ0v) is 10.3. The number of hydrogen-bond donors (Lipinski definition) is 1. The van der Waals surface area contributed by atoms with Crippen LogP contribution in [0, 0.1) is 0 Å². The van der Waals surface area contributed by atoms with Crippen molar-refractivity contribution in [3.63, 3.8) is 0 Å². The maximum atomic E-state index is 12.1. The molecule has 3 aromatic rings. The molecule has 1 aromatic carbocycles. The van der Waals surface area contributed by atoms with Crippen molar-refractivity contribution in [1.29, 1.82) is 0 Å². The van der Waals surface area contributed by atoms with Crippen LogP contribution in [0.1, 0.15) is 0 Å². The van der Waals surface area contributed by atoms with Gasteiger partial charge in [-0.05, 0) is 24.3 Å². The summed E-state index contributed by atoms with van der Waals surface area (Å²) in [5, 5.41) is 1.38. The number of anilines is 1. The minimum absolute atomic E-state index is 0. The van der Waals surface area contributed by atoms with Gasteiger partial charge < -0.3 is 5.73 Å². The van der Waals surface area contributed by atoms with Crippen LogP contribution in [0.4, 0.5) is 5.82 Å². The fourth-order valence-electron chi connectivity index (χ4n) is 1.70. The lowest BCUT2D eigenvalue weighted by atomic mass is 10.2. The first-order valence-corrected chi connectivity index (χ1v) is 5.65. The number of nitrogen functional groups attached to an aromatic ring is 1. The molecule has 0 unspecified atom stereocenters. The van der Waals surface area contributed by atoms with E-state index in [1.165, 1.54) is 11.3 Å². The Labute approximate surface area is 107 Å². The SMILES string of the molecule is Cl.Nc1ccc2c(=O)c3ccccc3sc2n1. The molecule has 2 aromatic heterocycles. The van der Waals surface area contributed by atoms with Gasteiger partial charge in [0.1, 0.15) is 10.6 Å². The van der Waals surface area contributed by atoms with Crippen molar-refractivity contribution in [1.82, 2.24) is 4.98 Å². The van der Waals surface area contributed by atoms with Crippen molar-refractivity contribution in [2.24, 2.45) is 0 Å². The Balaban J connectivity index is 0.00000108. The first kappa shape index (κ1) is 11.8. The van der Waals surface area contributed by atoms with Crippen molar-refractivity contribution in [2.75, 3.05) is 5.73 Å². The highest BCUT2D eigenvalue weighted by Gasteiger charge is 2.06. The number of benzene rings is 1. The molecule has 0 fully saturated rings. The normalized spacial score (nSPS) is 10.4. The standard InChI is InChI=1S/C12H8N2OS.ClH/c13-10-6-5-8-11(15)7-3-1-2-4-9(7)16-12(8)14-10;/h1-6H,(H2,13,14);1H. The summed E-state index contributed by atoms with van der Waals surface area (Å²) in [6.45, 7) is 0. The topological polar surface area (TPSA) is 56.0 Å².